The Kier molecular flexibility index (Phi) is 2.50. The first-order chi connectivity index (χ1) is 8.36. The van der Waals surface area contributed by atoms with Crippen LogP contribution in [0.25, 0.3) is 11.0 Å². The third kappa shape index (κ3) is 1.87. The number of H-pyrrole nitrogens is 1. The second-order valence-electron chi connectivity index (χ2n) is 3.73. The van der Waals surface area contributed by atoms with Gasteiger partial charge in [0.15, 0.2) is 5.65 Å². The van der Waals surface area contributed by atoms with Crippen molar-refractivity contribution in [2.24, 2.45) is 5.84 Å². The number of ether oxygens (including phenoxy) is 2. The van der Waals surface area contributed by atoms with E-state index in [2.05, 4.69) is 25.6 Å². The lowest BCUT2D eigenvalue weighted by atomic mass is 10.3. The SMILES string of the molecule is NNc1nc(OC2CCOC2)c2cn[nH]c2n1. The van der Waals surface area contributed by atoms with Crippen molar-refractivity contribution in [1.29, 1.82) is 0 Å². The third-order valence-corrected chi connectivity index (χ3v) is 2.57. The Labute approximate surface area is 96.5 Å². The van der Waals surface area contributed by atoms with Gasteiger partial charge in [-0.2, -0.15) is 15.1 Å². The highest BCUT2D eigenvalue weighted by molar-refractivity contribution is 5.80. The van der Waals surface area contributed by atoms with Crippen LogP contribution in [-0.4, -0.2) is 39.5 Å². The first kappa shape index (κ1) is 10.2. The smallest absolute Gasteiger partial charge is 0.242 e. The predicted octanol–water partition coefficient (Wildman–Crippen LogP) is -0.194. The molecule has 0 amide bonds. The summed E-state index contributed by atoms with van der Waals surface area (Å²) in [5.41, 5.74) is 2.98. The number of nitrogen functional groups attached to an aromatic ring is 1. The van der Waals surface area contributed by atoms with Gasteiger partial charge in [-0.15, -0.1) is 0 Å². The van der Waals surface area contributed by atoms with Crippen LogP contribution in [0.2, 0.25) is 0 Å². The molecule has 8 nitrogen and oxygen atoms in total. The molecule has 0 aromatic carbocycles. The molecule has 1 aliphatic heterocycles. The van der Waals surface area contributed by atoms with Crippen LogP contribution in [0, 0.1) is 0 Å². The van der Waals surface area contributed by atoms with Crippen molar-refractivity contribution < 1.29 is 9.47 Å². The van der Waals surface area contributed by atoms with Crippen molar-refractivity contribution in [2.75, 3.05) is 18.6 Å². The fourth-order valence-electron chi connectivity index (χ4n) is 1.73. The number of nitrogens with two attached hydrogens (primary N) is 1. The Morgan fingerprint density at radius 2 is 2.47 bits per heavy atom. The van der Waals surface area contributed by atoms with Crippen molar-refractivity contribution in [3.05, 3.63) is 6.20 Å². The van der Waals surface area contributed by atoms with E-state index in [9.17, 15) is 0 Å². The number of aromatic nitrogens is 4. The quantitative estimate of drug-likeness (QED) is 0.500. The molecular formula is C9H12N6O2. The van der Waals surface area contributed by atoms with Crippen LogP contribution in [0.1, 0.15) is 6.42 Å². The minimum absolute atomic E-state index is 0.0219. The van der Waals surface area contributed by atoms with Crippen LogP contribution in [0.4, 0.5) is 5.95 Å². The van der Waals surface area contributed by atoms with Crippen LogP contribution in [0.15, 0.2) is 6.20 Å². The van der Waals surface area contributed by atoms with E-state index in [-0.39, 0.29) is 12.1 Å². The molecule has 2 aromatic rings. The fraction of sp³-hybridized carbons (Fsp3) is 0.444. The zero-order chi connectivity index (χ0) is 11.7. The number of hydrogen-bond donors (Lipinski definition) is 3. The van der Waals surface area contributed by atoms with Gasteiger partial charge in [0.25, 0.3) is 0 Å². The van der Waals surface area contributed by atoms with Gasteiger partial charge in [-0.25, -0.2) is 5.84 Å². The van der Waals surface area contributed by atoms with E-state index < -0.39 is 0 Å². The van der Waals surface area contributed by atoms with Gasteiger partial charge >= 0.3 is 0 Å². The highest BCUT2D eigenvalue weighted by Crippen LogP contribution is 2.24. The van der Waals surface area contributed by atoms with Gasteiger partial charge in [-0.3, -0.25) is 10.5 Å². The van der Waals surface area contributed by atoms with Crippen LogP contribution in [0.3, 0.4) is 0 Å². The van der Waals surface area contributed by atoms with Crippen LogP contribution in [0.5, 0.6) is 5.88 Å². The number of fused-ring (bicyclic) bond motifs is 1. The molecular weight excluding hydrogens is 224 g/mol. The van der Waals surface area contributed by atoms with Gasteiger partial charge in [-0.1, -0.05) is 0 Å². The van der Waals surface area contributed by atoms with Gasteiger partial charge in [0.05, 0.1) is 19.4 Å². The molecule has 4 N–H and O–H groups in total. The van der Waals surface area contributed by atoms with Crippen molar-refractivity contribution in [2.45, 2.75) is 12.5 Å². The third-order valence-electron chi connectivity index (χ3n) is 2.57. The van der Waals surface area contributed by atoms with E-state index >= 15 is 0 Å². The summed E-state index contributed by atoms with van der Waals surface area (Å²) in [6.45, 7) is 1.29. The van der Waals surface area contributed by atoms with E-state index in [0.717, 1.165) is 11.8 Å². The maximum atomic E-state index is 5.76. The molecule has 0 bridgehead atoms. The molecule has 0 radical (unpaired) electrons. The fourth-order valence-corrected chi connectivity index (χ4v) is 1.73. The summed E-state index contributed by atoms with van der Waals surface area (Å²) in [5, 5.41) is 7.39. The summed E-state index contributed by atoms with van der Waals surface area (Å²) in [4.78, 5) is 8.28. The zero-order valence-corrected chi connectivity index (χ0v) is 9.01. The summed E-state index contributed by atoms with van der Waals surface area (Å²) in [6.07, 6.45) is 2.50. The first-order valence-electron chi connectivity index (χ1n) is 5.29. The normalized spacial score (nSPS) is 19.7. The molecule has 0 spiro atoms. The molecule has 3 rings (SSSR count). The highest BCUT2D eigenvalue weighted by atomic mass is 16.5. The van der Waals surface area contributed by atoms with E-state index in [0.29, 0.717) is 24.7 Å². The number of nitrogens with one attached hydrogen (secondary N) is 2. The van der Waals surface area contributed by atoms with Crippen molar-refractivity contribution in [3.8, 4) is 5.88 Å². The molecule has 90 valence electrons. The zero-order valence-electron chi connectivity index (χ0n) is 9.01. The van der Waals surface area contributed by atoms with Gasteiger partial charge in [0, 0.05) is 6.42 Å². The second kappa shape index (κ2) is 4.15. The highest BCUT2D eigenvalue weighted by Gasteiger charge is 2.20. The van der Waals surface area contributed by atoms with Gasteiger partial charge < -0.3 is 9.47 Å². The average molecular weight is 236 g/mol. The van der Waals surface area contributed by atoms with Crippen molar-refractivity contribution in [3.63, 3.8) is 0 Å². The minimum Gasteiger partial charge on any atom is -0.471 e. The largest absolute Gasteiger partial charge is 0.471 e. The number of aromatic amines is 1. The lowest BCUT2D eigenvalue weighted by molar-refractivity contribution is 0.139. The molecule has 3 heterocycles. The van der Waals surface area contributed by atoms with Gasteiger partial charge in [-0.05, 0) is 0 Å². The number of nitrogens with zero attached hydrogens (tertiary/aromatic N) is 3. The van der Waals surface area contributed by atoms with E-state index in [4.69, 9.17) is 15.3 Å². The lowest BCUT2D eigenvalue weighted by Crippen LogP contribution is -2.18. The summed E-state index contributed by atoms with van der Waals surface area (Å²) in [7, 11) is 0. The Hall–Kier alpha value is -1.93. The maximum Gasteiger partial charge on any atom is 0.242 e. The Balaban J connectivity index is 1.97. The number of anilines is 1. The van der Waals surface area contributed by atoms with Crippen LogP contribution >= 0.6 is 0 Å². The monoisotopic (exact) mass is 236 g/mol. The standard InChI is InChI=1S/C9H12N6O2/c10-14-9-12-7-6(3-11-15-7)8(13-9)17-5-1-2-16-4-5/h3,5H,1-2,4,10H2,(H2,11,12,13,14,15). The maximum absolute atomic E-state index is 5.76. The second-order valence-corrected chi connectivity index (χ2v) is 3.73. The average Bonchev–Trinajstić information content (AvgIpc) is 2.98. The van der Waals surface area contributed by atoms with Crippen LogP contribution < -0.4 is 16.0 Å². The van der Waals surface area contributed by atoms with Crippen LogP contribution in [-0.2, 0) is 4.74 Å². The molecule has 1 saturated heterocycles. The van der Waals surface area contributed by atoms with E-state index in [1.165, 1.54) is 0 Å². The van der Waals surface area contributed by atoms with Gasteiger partial charge in [0.1, 0.15) is 11.5 Å². The minimum atomic E-state index is 0.0219. The summed E-state index contributed by atoms with van der Waals surface area (Å²) in [6, 6.07) is 0. The Bertz CT molecular complexity index is 521. The molecule has 1 aliphatic rings. The Morgan fingerprint density at radius 3 is 3.24 bits per heavy atom. The van der Waals surface area contributed by atoms with Crippen molar-refractivity contribution >= 4 is 17.0 Å². The van der Waals surface area contributed by atoms with Crippen molar-refractivity contribution in [1.82, 2.24) is 20.2 Å². The molecule has 1 fully saturated rings. The summed E-state index contributed by atoms with van der Waals surface area (Å²) >= 11 is 0. The molecule has 8 heteroatoms. The first-order valence-corrected chi connectivity index (χ1v) is 5.29. The molecule has 2 aromatic heterocycles. The molecule has 1 atom stereocenters. The number of hydrogen-bond acceptors (Lipinski definition) is 7. The summed E-state index contributed by atoms with van der Waals surface area (Å²) < 4.78 is 11.0. The van der Waals surface area contributed by atoms with Gasteiger partial charge in [0.2, 0.25) is 11.8 Å². The number of rotatable bonds is 3. The summed E-state index contributed by atoms with van der Waals surface area (Å²) in [5.74, 6) is 6.05. The Morgan fingerprint density at radius 1 is 1.53 bits per heavy atom. The number of hydrazine groups is 1. The topological polar surface area (TPSA) is 111 Å². The van der Waals surface area contributed by atoms with E-state index in [1.54, 1.807) is 6.20 Å². The molecule has 17 heavy (non-hydrogen) atoms. The molecule has 1 unspecified atom stereocenters. The molecule has 0 saturated carbocycles. The lowest BCUT2D eigenvalue weighted by Gasteiger charge is -2.11. The van der Waals surface area contributed by atoms with E-state index in [1.807, 2.05) is 0 Å². The molecule has 0 aliphatic carbocycles. The predicted molar refractivity (Wildman–Crippen MR) is 59.3 cm³/mol.